The average molecular weight is 303 g/mol. The zero-order valence-corrected chi connectivity index (χ0v) is 13.9. The standard InChI is InChI=1S/C17H25N3S/c1-3-20(4-2)15-9-7-14(8-10-15)18-16-19-17(13-21-16)11-5-6-12-17/h7-10H,3-6,11-13H2,1-2H3,(H,18,19). The zero-order valence-electron chi connectivity index (χ0n) is 13.1. The van der Waals surface area contributed by atoms with Gasteiger partial charge in [0, 0.05) is 30.2 Å². The zero-order chi connectivity index (χ0) is 14.7. The molecule has 0 bridgehead atoms. The van der Waals surface area contributed by atoms with Crippen molar-refractivity contribution in [2.45, 2.75) is 45.1 Å². The van der Waals surface area contributed by atoms with Crippen LogP contribution in [-0.2, 0) is 0 Å². The molecule has 0 unspecified atom stereocenters. The molecule has 0 aromatic heterocycles. The van der Waals surface area contributed by atoms with Crippen LogP contribution in [0.15, 0.2) is 29.3 Å². The van der Waals surface area contributed by atoms with Gasteiger partial charge in [-0.25, -0.2) is 0 Å². The third kappa shape index (κ3) is 3.20. The summed E-state index contributed by atoms with van der Waals surface area (Å²) in [5.41, 5.74) is 2.69. The van der Waals surface area contributed by atoms with Gasteiger partial charge < -0.3 is 10.2 Å². The third-order valence-corrected chi connectivity index (χ3v) is 5.75. The number of amidine groups is 1. The van der Waals surface area contributed by atoms with Crippen LogP contribution in [0, 0.1) is 0 Å². The van der Waals surface area contributed by atoms with E-state index in [1.807, 2.05) is 11.8 Å². The second kappa shape index (κ2) is 6.30. The first-order chi connectivity index (χ1) is 10.2. The van der Waals surface area contributed by atoms with Crippen molar-refractivity contribution in [1.29, 1.82) is 0 Å². The lowest BCUT2D eigenvalue weighted by Crippen LogP contribution is -2.21. The molecule has 3 rings (SSSR count). The second-order valence-electron chi connectivity index (χ2n) is 5.98. The molecule has 1 heterocycles. The van der Waals surface area contributed by atoms with E-state index >= 15 is 0 Å². The molecule has 1 fully saturated rings. The fourth-order valence-electron chi connectivity index (χ4n) is 3.30. The normalized spacial score (nSPS) is 19.8. The minimum Gasteiger partial charge on any atom is -0.372 e. The van der Waals surface area contributed by atoms with Crippen molar-refractivity contribution in [3.05, 3.63) is 24.3 Å². The van der Waals surface area contributed by atoms with Gasteiger partial charge in [-0.3, -0.25) is 4.99 Å². The number of nitrogens with one attached hydrogen (secondary N) is 1. The van der Waals surface area contributed by atoms with Gasteiger partial charge in [-0.05, 0) is 51.0 Å². The monoisotopic (exact) mass is 303 g/mol. The summed E-state index contributed by atoms with van der Waals surface area (Å²) in [6.07, 6.45) is 5.23. The number of anilines is 2. The Morgan fingerprint density at radius 1 is 1.14 bits per heavy atom. The summed E-state index contributed by atoms with van der Waals surface area (Å²) in [5, 5.41) is 4.59. The summed E-state index contributed by atoms with van der Waals surface area (Å²) in [6.45, 7) is 6.49. The van der Waals surface area contributed by atoms with Gasteiger partial charge in [0.15, 0.2) is 5.17 Å². The highest BCUT2D eigenvalue weighted by molar-refractivity contribution is 8.14. The summed E-state index contributed by atoms with van der Waals surface area (Å²) in [4.78, 5) is 7.32. The van der Waals surface area contributed by atoms with Gasteiger partial charge in [0.05, 0.1) is 5.54 Å². The molecule has 0 atom stereocenters. The first-order valence-corrected chi connectivity index (χ1v) is 9.08. The Balaban J connectivity index is 1.66. The van der Waals surface area contributed by atoms with E-state index < -0.39 is 0 Å². The molecule has 1 aliphatic heterocycles. The van der Waals surface area contributed by atoms with Crippen molar-refractivity contribution in [2.75, 3.05) is 29.1 Å². The van der Waals surface area contributed by atoms with Gasteiger partial charge >= 0.3 is 0 Å². The van der Waals surface area contributed by atoms with Gasteiger partial charge in [0.2, 0.25) is 0 Å². The molecule has 0 radical (unpaired) electrons. The Bertz CT molecular complexity index is 499. The number of hydrogen-bond donors (Lipinski definition) is 1. The maximum absolute atomic E-state index is 4.96. The number of hydrogen-bond acceptors (Lipinski definition) is 4. The van der Waals surface area contributed by atoms with Crippen LogP contribution in [0.2, 0.25) is 0 Å². The predicted octanol–water partition coefficient (Wildman–Crippen LogP) is 4.36. The van der Waals surface area contributed by atoms with Gasteiger partial charge in [-0.2, -0.15) is 0 Å². The second-order valence-corrected chi connectivity index (χ2v) is 6.95. The Morgan fingerprint density at radius 2 is 1.81 bits per heavy atom. The maximum atomic E-state index is 4.96. The highest BCUT2D eigenvalue weighted by Gasteiger charge is 2.38. The van der Waals surface area contributed by atoms with Crippen LogP contribution in [0.5, 0.6) is 0 Å². The SMILES string of the molecule is CCN(CC)c1ccc(NC2=NC3(CCCC3)CS2)cc1. The van der Waals surface area contributed by atoms with Crippen molar-refractivity contribution < 1.29 is 0 Å². The highest BCUT2D eigenvalue weighted by atomic mass is 32.2. The molecule has 3 nitrogen and oxygen atoms in total. The van der Waals surface area contributed by atoms with E-state index in [0.717, 1.165) is 29.7 Å². The molecule has 4 heteroatoms. The Labute approximate surface area is 132 Å². The van der Waals surface area contributed by atoms with Crippen LogP contribution in [-0.4, -0.2) is 29.5 Å². The van der Waals surface area contributed by atoms with Gasteiger partial charge in [-0.15, -0.1) is 0 Å². The predicted molar refractivity (Wildman–Crippen MR) is 94.7 cm³/mol. The molecular formula is C17H25N3S. The van der Waals surface area contributed by atoms with Crippen LogP contribution in [0.25, 0.3) is 0 Å². The van der Waals surface area contributed by atoms with Crippen LogP contribution in [0.1, 0.15) is 39.5 Å². The van der Waals surface area contributed by atoms with E-state index in [0.29, 0.717) is 0 Å². The lowest BCUT2D eigenvalue weighted by molar-refractivity contribution is 0.508. The Kier molecular flexibility index (Phi) is 4.43. The van der Waals surface area contributed by atoms with Crippen LogP contribution >= 0.6 is 11.8 Å². The third-order valence-electron chi connectivity index (χ3n) is 4.60. The van der Waals surface area contributed by atoms with Crippen molar-refractivity contribution >= 4 is 28.3 Å². The highest BCUT2D eigenvalue weighted by Crippen LogP contribution is 2.41. The molecule has 114 valence electrons. The molecule has 1 aliphatic carbocycles. The quantitative estimate of drug-likeness (QED) is 0.895. The van der Waals surface area contributed by atoms with Crippen molar-refractivity contribution in [1.82, 2.24) is 0 Å². The van der Waals surface area contributed by atoms with Crippen LogP contribution < -0.4 is 10.2 Å². The van der Waals surface area contributed by atoms with E-state index in [9.17, 15) is 0 Å². The topological polar surface area (TPSA) is 27.6 Å². The fraction of sp³-hybridized carbons (Fsp3) is 0.588. The molecule has 1 saturated carbocycles. The van der Waals surface area contributed by atoms with E-state index in [4.69, 9.17) is 4.99 Å². The van der Waals surface area contributed by atoms with E-state index in [-0.39, 0.29) is 5.54 Å². The first kappa shape index (κ1) is 14.8. The summed E-state index contributed by atoms with van der Waals surface area (Å²) in [6, 6.07) is 8.72. The first-order valence-electron chi connectivity index (χ1n) is 8.09. The molecule has 1 aromatic carbocycles. The number of benzene rings is 1. The fourth-order valence-corrected chi connectivity index (χ4v) is 4.51. The van der Waals surface area contributed by atoms with E-state index in [1.165, 1.54) is 31.4 Å². The summed E-state index contributed by atoms with van der Waals surface area (Å²) >= 11 is 1.88. The lowest BCUT2D eigenvalue weighted by Gasteiger charge is -2.21. The number of rotatable bonds is 4. The van der Waals surface area contributed by atoms with Gasteiger partial charge in [-0.1, -0.05) is 24.6 Å². The molecule has 2 aliphatic rings. The molecule has 1 aromatic rings. The van der Waals surface area contributed by atoms with Gasteiger partial charge in [0.1, 0.15) is 0 Å². The van der Waals surface area contributed by atoms with E-state index in [1.54, 1.807) is 0 Å². The van der Waals surface area contributed by atoms with E-state index in [2.05, 4.69) is 48.3 Å². The van der Waals surface area contributed by atoms with Crippen LogP contribution in [0.3, 0.4) is 0 Å². The Morgan fingerprint density at radius 3 is 2.43 bits per heavy atom. The average Bonchev–Trinajstić information content (AvgIpc) is 3.13. The number of thioether (sulfide) groups is 1. The molecular weight excluding hydrogens is 278 g/mol. The minimum absolute atomic E-state index is 0.258. The molecule has 21 heavy (non-hydrogen) atoms. The maximum Gasteiger partial charge on any atom is 0.161 e. The number of aliphatic imine (C=N–C) groups is 1. The van der Waals surface area contributed by atoms with Crippen molar-refractivity contribution in [2.24, 2.45) is 4.99 Å². The molecule has 0 saturated heterocycles. The van der Waals surface area contributed by atoms with Crippen molar-refractivity contribution in [3.8, 4) is 0 Å². The minimum atomic E-state index is 0.258. The van der Waals surface area contributed by atoms with Gasteiger partial charge in [0.25, 0.3) is 0 Å². The lowest BCUT2D eigenvalue weighted by atomic mass is 10.0. The summed E-state index contributed by atoms with van der Waals surface area (Å²) < 4.78 is 0. The summed E-state index contributed by atoms with van der Waals surface area (Å²) in [5.74, 6) is 1.16. The molecule has 1 spiro atoms. The smallest absolute Gasteiger partial charge is 0.161 e. The van der Waals surface area contributed by atoms with Crippen molar-refractivity contribution in [3.63, 3.8) is 0 Å². The largest absolute Gasteiger partial charge is 0.372 e. The molecule has 0 amide bonds. The summed E-state index contributed by atoms with van der Waals surface area (Å²) in [7, 11) is 0. The molecule has 1 N–H and O–H groups in total. The number of nitrogens with zero attached hydrogens (tertiary/aromatic N) is 2. The Hall–Kier alpha value is -1.16. The van der Waals surface area contributed by atoms with Crippen LogP contribution in [0.4, 0.5) is 11.4 Å².